The zero-order chi connectivity index (χ0) is 27.8. The number of para-hydroxylation sites is 2. The van der Waals surface area contributed by atoms with E-state index in [9.17, 15) is 14.4 Å². The lowest BCUT2D eigenvalue weighted by atomic mass is 9.83. The van der Waals surface area contributed by atoms with Crippen LogP contribution in [0, 0.1) is 11.8 Å². The third kappa shape index (κ3) is 7.46. The molecule has 1 fully saturated rings. The number of carbonyl (C=O) groups excluding carboxylic acids is 3. The molecule has 4 N–H and O–H groups in total. The second-order valence-corrected chi connectivity index (χ2v) is 10.6. The van der Waals surface area contributed by atoms with Crippen molar-refractivity contribution < 1.29 is 14.4 Å². The number of anilines is 1. The highest BCUT2D eigenvalue weighted by Gasteiger charge is 2.33. The molecule has 1 aliphatic rings. The van der Waals surface area contributed by atoms with Gasteiger partial charge < -0.3 is 20.5 Å². The minimum atomic E-state index is -0.463. The van der Waals surface area contributed by atoms with Crippen LogP contribution < -0.4 is 21.4 Å². The van der Waals surface area contributed by atoms with Crippen molar-refractivity contribution >= 4 is 40.7 Å². The summed E-state index contributed by atoms with van der Waals surface area (Å²) < 4.78 is 1.89. The van der Waals surface area contributed by atoms with E-state index in [2.05, 4.69) is 40.3 Å². The summed E-state index contributed by atoms with van der Waals surface area (Å²) in [5.41, 5.74) is 4.69. The normalized spacial score (nSPS) is 18.2. The van der Waals surface area contributed by atoms with Crippen molar-refractivity contribution in [1.29, 1.82) is 0 Å². The van der Waals surface area contributed by atoms with Crippen molar-refractivity contribution in [3.8, 4) is 0 Å². The van der Waals surface area contributed by atoms with E-state index in [1.54, 1.807) is 18.3 Å². The number of fused-ring (bicyclic) bond motifs is 1. The number of urea groups is 1. The summed E-state index contributed by atoms with van der Waals surface area (Å²) in [5, 5.41) is 14.0. The maximum atomic E-state index is 13.4. The molecule has 0 aliphatic heterocycles. The molecule has 0 spiro atoms. The Bertz CT molecular complexity index is 1320. The highest BCUT2D eigenvalue weighted by Crippen LogP contribution is 2.26. The van der Waals surface area contributed by atoms with Crippen LogP contribution in [0.25, 0.3) is 10.9 Å². The van der Waals surface area contributed by atoms with Crippen molar-refractivity contribution in [2.24, 2.45) is 24.0 Å². The van der Waals surface area contributed by atoms with Crippen LogP contribution in [-0.2, 0) is 11.8 Å². The van der Waals surface area contributed by atoms with Gasteiger partial charge in [0.1, 0.15) is 5.69 Å². The predicted octanol–water partition coefficient (Wildman–Crippen LogP) is 4.81. The number of rotatable bonds is 9. The highest BCUT2D eigenvalue weighted by molar-refractivity contribution is 5.99. The van der Waals surface area contributed by atoms with Gasteiger partial charge in [0.2, 0.25) is 5.91 Å². The van der Waals surface area contributed by atoms with Gasteiger partial charge in [0, 0.05) is 35.9 Å². The third-order valence-electron chi connectivity index (χ3n) is 7.11. The first kappa shape index (κ1) is 27.9. The number of hydrogen-bond donors (Lipinski definition) is 4. The molecule has 1 aliphatic carbocycles. The van der Waals surface area contributed by atoms with Gasteiger partial charge in [-0.05, 0) is 49.4 Å². The number of aromatic nitrogens is 1. The molecule has 0 radical (unpaired) electrons. The molecule has 1 heterocycles. The first-order chi connectivity index (χ1) is 18.8. The number of nitrogens with one attached hydrogen (secondary N) is 4. The van der Waals surface area contributed by atoms with E-state index in [0.717, 1.165) is 30.2 Å². The molecule has 9 heteroatoms. The number of nitrogens with zero attached hydrogens (tertiary/aromatic N) is 2. The lowest BCUT2D eigenvalue weighted by Gasteiger charge is -2.32. The summed E-state index contributed by atoms with van der Waals surface area (Å²) in [4.78, 5) is 38.8. The Balaban J connectivity index is 1.38. The van der Waals surface area contributed by atoms with Crippen LogP contribution in [-0.4, -0.2) is 40.7 Å². The van der Waals surface area contributed by atoms with Crippen molar-refractivity contribution in [3.63, 3.8) is 0 Å². The molecule has 3 atom stereocenters. The molecule has 39 heavy (non-hydrogen) atoms. The van der Waals surface area contributed by atoms with Gasteiger partial charge in [-0.1, -0.05) is 63.1 Å². The van der Waals surface area contributed by atoms with E-state index >= 15 is 0 Å². The topological polar surface area (TPSA) is 117 Å². The summed E-state index contributed by atoms with van der Waals surface area (Å²) in [7, 11) is 1.88. The second-order valence-electron chi connectivity index (χ2n) is 10.6. The Kier molecular flexibility index (Phi) is 9.35. The fourth-order valence-corrected chi connectivity index (χ4v) is 5.19. The summed E-state index contributed by atoms with van der Waals surface area (Å²) in [6.45, 7) is 4.13. The summed E-state index contributed by atoms with van der Waals surface area (Å²) in [6, 6.07) is 17.8. The van der Waals surface area contributed by atoms with E-state index in [-0.39, 0.29) is 29.8 Å². The van der Waals surface area contributed by atoms with Gasteiger partial charge >= 0.3 is 6.03 Å². The van der Waals surface area contributed by atoms with Gasteiger partial charge in [-0.15, -0.1) is 0 Å². The van der Waals surface area contributed by atoms with Crippen LogP contribution in [0.2, 0.25) is 0 Å². The van der Waals surface area contributed by atoms with Gasteiger partial charge in [0.15, 0.2) is 0 Å². The molecule has 4 rings (SSSR count). The van der Waals surface area contributed by atoms with Gasteiger partial charge in [-0.2, -0.15) is 5.10 Å². The van der Waals surface area contributed by atoms with E-state index in [1.165, 1.54) is 0 Å². The zero-order valence-electron chi connectivity index (χ0n) is 22.8. The molecular formula is C30H38N6O3. The van der Waals surface area contributed by atoms with Crippen LogP contribution in [0.4, 0.5) is 10.5 Å². The number of carbonyl (C=O) groups is 3. The molecule has 3 aromatic rings. The third-order valence-corrected chi connectivity index (χ3v) is 7.11. The number of benzene rings is 2. The predicted molar refractivity (Wildman–Crippen MR) is 155 cm³/mol. The smallest absolute Gasteiger partial charge is 0.339 e. The van der Waals surface area contributed by atoms with Crippen molar-refractivity contribution in [3.05, 3.63) is 66.4 Å². The summed E-state index contributed by atoms with van der Waals surface area (Å²) in [6.07, 6.45) is 5.57. The first-order valence-corrected chi connectivity index (χ1v) is 13.6. The average molecular weight is 531 g/mol. The molecule has 2 aromatic carbocycles. The van der Waals surface area contributed by atoms with Crippen LogP contribution in [0.5, 0.6) is 0 Å². The van der Waals surface area contributed by atoms with E-state index in [1.807, 2.05) is 60.1 Å². The maximum Gasteiger partial charge on any atom is 0.339 e. The van der Waals surface area contributed by atoms with Crippen molar-refractivity contribution in [1.82, 2.24) is 20.6 Å². The Morgan fingerprint density at radius 1 is 1.03 bits per heavy atom. The fourth-order valence-electron chi connectivity index (χ4n) is 5.19. The number of aryl methyl sites for hydroxylation is 1. The number of hydrazone groups is 1. The SMILES string of the molecule is CC(C)CC(/C=N/NC(=O)Nc1ccccc1)NC(=O)[C@@H]1CCCC[C@@H]1NC(=O)c1cc2ccccc2n1C. The summed E-state index contributed by atoms with van der Waals surface area (Å²) in [5.74, 6) is -0.321. The first-order valence-electron chi connectivity index (χ1n) is 13.6. The van der Waals surface area contributed by atoms with Crippen molar-refractivity contribution in [2.75, 3.05) is 5.32 Å². The molecule has 1 unspecified atom stereocenters. The quantitative estimate of drug-likeness (QED) is 0.235. The largest absolute Gasteiger partial charge is 0.348 e. The van der Waals surface area contributed by atoms with Crippen LogP contribution in [0.15, 0.2) is 65.8 Å². The lowest BCUT2D eigenvalue weighted by molar-refractivity contribution is -0.127. The van der Waals surface area contributed by atoms with Crippen LogP contribution >= 0.6 is 0 Å². The van der Waals surface area contributed by atoms with E-state index < -0.39 is 6.03 Å². The fraction of sp³-hybridized carbons (Fsp3) is 0.400. The average Bonchev–Trinajstić information content (AvgIpc) is 3.25. The van der Waals surface area contributed by atoms with Gasteiger partial charge in [0.25, 0.3) is 5.91 Å². The van der Waals surface area contributed by atoms with Gasteiger partial charge in [0.05, 0.1) is 12.0 Å². The van der Waals surface area contributed by atoms with E-state index in [0.29, 0.717) is 30.1 Å². The molecule has 0 saturated heterocycles. The Hall–Kier alpha value is -4.14. The lowest BCUT2D eigenvalue weighted by Crippen LogP contribution is -2.51. The second kappa shape index (κ2) is 13.1. The minimum absolute atomic E-state index is 0.108. The van der Waals surface area contributed by atoms with Crippen LogP contribution in [0.1, 0.15) is 56.4 Å². The molecule has 0 bridgehead atoms. The Labute approximate surface area is 229 Å². The zero-order valence-corrected chi connectivity index (χ0v) is 22.8. The molecule has 4 amide bonds. The molecular weight excluding hydrogens is 492 g/mol. The highest BCUT2D eigenvalue weighted by atomic mass is 16.2. The molecule has 1 saturated carbocycles. The molecule has 1 aromatic heterocycles. The van der Waals surface area contributed by atoms with E-state index in [4.69, 9.17) is 0 Å². The number of amides is 4. The maximum absolute atomic E-state index is 13.4. The summed E-state index contributed by atoms with van der Waals surface area (Å²) >= 11 is 0. The standard InChI is InChI=1S/C30H38N6O3/c1-20(2)17-23(19-31-35-30(39)33-22-12-5-4-6-13-22)32-28(37)24-14-8-9-15-25(24)34-29(38)27-18-21-11-7-10-16-26(21)36(27)3/h4-7,10-13,16,18-20,23-25H,8-9,14-15,17H2,1-3H3,(H,32,37)(H,34,38)(H2,33,35,39)/b31-19+/t23?,24-,25+/m1/s1. The van der Waals surface area contributed by atoms with Crippen LogP contribution in [0.3, 0.4) is 0 Å². The number of hydrogen-bond acceptors (Lipinski definition) is 4. The van der Waals surface area contributed by atoms with Gasteiger partial charge in [-0.25, -0.2) is 10.2 Å². The molecule has 9 nitrogen and oxygen atoms in total. The molecule has 206 valence electrons. The Morgan fingerprint density at radius 3 is 2.49 bits per heavy atom. The monoisotopic (exact) mass is 530 g/mol. The van der Waals surface area contributed by atoms with Crippen molar-refractivity contribution in [2.45, 2.75) is 58.0 Å². The van der Waals surface area contributed by atoms with Gasteiger partial charge in [-0.3, -0.25) is 9.59 Å². The Morgan fingerprint density at radius 2 is 1.74 bits per heavy atom. The minimum Gasteiger partial charge on any atom is -0.348 e.